The third kappa shape index (κ3) is 3.71. The highest BCUT2D eigenvalue weighted by molar-refractivity contribution is 5.04. The van der Waals surface area contributed by atoms with Crippen molar-refractivity contribution in [2.24, 2.45) is 5.92 Å². The van der Waals surface area contributed by atoms with E-state index >= 15 is 0 Å². The minimum atomic E-state index is -0.498. The van der Waals surface area contributed by atoms with Gasteiger partial charge in [-0.1, -0.05) is 19.3 Å². The highest BCUT2D eigenvalue weighted by atomic mass is 16.5. The van der Waals surface area contributed by atoms with Crippen molar-refractivity contribution < 1.29 is 9.15 Å². The van der Waals surface area contributed by atoms with Gasteiger partial charge in [0.25, 0.3) is 0 Å². The predicted octanol–water partition coefficient (Wildman–Crippen LogP) is 1.75. The summed E-state index contributed by atoms with van der Waals surface area (Å²) in [6.45, 7) is 3.52. The van der Waals surface area contributed by atoms with E-state index in [1.54, 1.807) is 10.8 Å². The van der Waals surface area contributed by atoms with Crippen LogP contribution in [0.4, 0.5) is 0 Å². The van der Waals surface area contributed by atoms with Crippen LogP contribution in [-0.2, 0) is 31.0 Å². The average Bonchev–Trinajstić information content (AvgIpc) is 3.38. The predicted molar refractivity (Wildman–Crippen MR) is 105 cm³/mol. The smallest absolute Gasteiger partial charge is 0.332 e. The number of likely N-dealkylation sites (tertiary alicyclic amines) is 1. The molecule has 1 saturated heterocycles. The molecule has 2 fully saturated rings. The molecule has 1 atom stereocenters. The molecule has 4 heterocycles. The van der Waals surface area contributed by atoms with E-state index in [0.717, 1.165) is 38.1 Å². The van der Waals surface area contributed by atoms with Crippen LogP contribution in [0, 0.1) is 5.92 Å². The fourth-order valence-corrected chi connectivity index (χ4v) is 5.07. The van der Waals surface area contributed by atoms with Crippen molar-refractivity contribution in [3.05, 3.63) is 50.7 Å². The fraction of sp³-hybridized carbons (Fsp3) is 0.667. The summed E-state index contributed by atoms with van der Waals surface area (Å²) in [6.07, 6.45) is 8.38. The van der Waals surface area contributed by atoms with Gasteiger partial charge in [-0.05, 0) is 37.3 Å². The Hall–Kier alpha value is -2.19. The third-order valence-corrected chi connectivity index (χ3v) is 6.67. The van der Waals surface area contributed by atoms with Crippen molar-refractivity contribution in [1.82, 2.24) is 19.2 Å². The van der Waals surface area contributed by atoms with Crippen LogP contribution in [0.15, 0.2) is 32.4 Å². The standard InChI is InChI=1S/C21H28N4O4/c26-19-20(27)25(11-16-5-2-1-3-6-16)22-18-13-29-21(15-24(18)19)8-9-23(14-21)12-17-7-4-10-28-17/h4,7,10,16H,1-3,5-6,8-9,11-15H2/t21-/m1/s1. The number of aromatic nitrogens is 3. The molecule has 0 radical (unpaired) electrons. The van der Waals surface area contributed by atoms with Crippen LogP contribution in [-0.4, -0.2) is 37.9 Å². The lowest BCUT2D eigenvalue weighted by molar-refractivity contribution is -0.0861. The molecule has 2 aromatic rings. The number of hydrogen-bond acceptors (Lipinski definition) is 6. The van der Waals surface area contributed by atoms with Crippen molar-refractivity contribution in [1.29, 1.82) is 0 Å². The first-order valence-corrected chi connectivity index (χ1v) is 10.7. The summed E-state index contributed by atoms with van der Waals surface area (Å²) in [5.74, 6) is 1.93. The van der Waals surface area contributed by atoms with Gasteiger partial charge in [0.1, 0.15) is 18.0 Å². The van der Waals surface area contributed by atoms with Crippen LogP contribution in [0.3, 0.4) is 0 Å². The molecule has 3 aliphatic rings. The molecule has 1 aliphatic carbocycles. The minimum absolute atomic E-state index is 0.273. The van der Waals surface area contributed by atoms with Gasteiger partial charge in [-0.15, -0.1) is 0 Å². The Kier molecular flexibility index (Phi) is 4.91. The van der Waals surface area contributed by atoms with Gasteiger partial charge >= 0.3 is 11.1 Å². The molecule has 8 nitrogen and oxygen atoms in total. The maximum Gasteiger partial charge on any atom is 0.332 e. The third-order valence-electron chi connectivity index (χ3n) is 6.67. The normalized spacial score (nSPS) is 25.5. The van der Waals surface area contributed by atoms with Gasteiger partial charge in [0.15, 0.2) is 5.82 Å². The molecule has 2 aliphatic heterocycles. The topological polar surface area (TPSA) is 82.5 Å². The molecule has 2 aromatic heterocycles. The molecule has 0 unspecified atom stereocenters. The van der Waals surface area contributed by atoms with E-state index in [4.69, 9.17) is 9.15 Å². The largest absolute Gasteiger partial charge is 0.468 e. The van der Waals surface area contributed by atoms with Gasteiger partial charge in [0.05, 0.1) is 19.4 Å². The molecule has 0 aromatic carbocycles. The monoisotopic (exact) mass is 400 g/mol. The average molecular weight is 400 g/mol. The summed E-state index contributed by atoms with van der Waals surface area (Å²) in [5, 5.41) is 4.52. The summed E-state index contributed by atoms with van der Waals surface area (Å²) in [7, 11) is 0. The SMILES string of the molecule is O=c1c(=O)n2c(nn1CC1CCCCC1)CO[C@@]1(CCN(Cc3ccco3)C1)C2. The summed E-state index contributed by atoms with van der Waals surface area (Å²) in [5.41, 5.74) is -1.40. The van der Waals surface area contributed by atoms with Crippen molar-refractivity contribution >= 4 is 0 Å². The van der Waals surface area contributed by atoms with E-state index in [1.807, 2.05) is 12.1 Å². The van der Waals surface area contributed by atoms with E-state index in [-0.39, 0.29) is 6.61 Å². The summed E-state index contributed by atoms with van der Waals surface area (Å²) >= 11 is 0. The molecule has 156 valence electrons. The zero-order chi connectivity index (χ0) is 19.8. The van der Waals surface area contributed by atoms with E-state index in [9.17, 15) is 9.59 Å². The summed E-state index contributed by atoms with van der Waals surface area (Å²) in [4.78, 5) is 27.8. The van der Waals surface area contributed by atoms with Crippen molar-refractivity contribution in [3.63, 3.8) is 0 Å². The molecule has 5 rings (SSSR count). The fourth-order valence-electron chi connectivity index (χ4n) is 5.07. The second kappa shape index (κ2) is 7.57. The number of hydrogen-bond donors (Lipinski definition) is 0. The molecule has 1 spiro atoms. The van der Waals surface area contributed by atoms with Crippen LogP contribution in [0.25, 0.3) is 0 Å². The van der Waals surface area contributed by atoms with E-state index in [2.05, 4.69) is 10.00 Å². The second-order valence-corrected chi connectivity index (χ2v) is 8.81. The Morgan fingerprint density at radius 2 is 2.00 bits per heavy atom. The van der Waals surface area contributed by atoms with Crippen LogP contribution < -0.4 is 11.1 Å². The molecular weight excluding hydrogens is 372 g/mol. The highest BCUT2D eigenvalue weighted by Crippen LogP contribution is 2.32. The van der Waals surface area contributed by atoms with Crippen molar-refractivity contribution in [2.75, 3.05) is 13.1 Å². The maximum atomic E-state index is 12.9. The van der Waals surface area contributed by atoms with Gasteiger partial charge in [0, 0.05) is 19.6 Å². The van der Waals surface area contributed by atoms with Crippen LogP contribution in [0.2, 0.25) is 0 Å². The quantitative estimate of drug-likeness (QED) is 0.728. The number of nitrogens with zero attached hydrogens (tertiary/aromatic N) is 4. The van der Waals surface area contributed by atoms with Gasteiger partial charge in [0.2, 0.25) is 0 Å². The number of furan rings is 1. The molecule has 29 heavy (non-hydrogen) atoms. The Balaban J connectivity index is 1.33. The number of fused-ring (bicyclic) bond motifs is 1. The Morgan fingerprint density at radius 3 is 2.79 bits per heavy atom. The Morgan fingerprint density at radius 1 is 1.14 bits per heavy atom. The summed E-state index contributed by atoms with van der Waals surface area (Å²) < 4.78 is 14.6. The molecule has 1 saturated carbocycles. The van der Waals surface area contributed by atoms with Crippen LogP contribution in [0.1, 0.15) is 50.1 Å². The molecule has 0 bridgehead atoms. The van der Waals surface area contributed by atoms with Crippen molar-refractivity contribution in [3.8, 4) is 0 Å². The number of ether oxygens (including phenoxy) is 1. The lowest BCUT2D eigenvalue weighted by atomic mass is 9.89. The Bertz CT molecular complexity index is 974. The van der Waals surface area contributed by atoms with Gasteiger partial charge in [-0.25, -0.2) is 4.68 Å². The van der Waals surface area contributed by atoms with E-state index in [0.29, 0.717) is 31.4 Å². The first kappa shape index (κ1) is 18.8. The van der Waals surface area contributed by atoms with Crippen LogP contribution in [0.5, 0.6) is 0 Å². The van der Waals surface area contributed by atoms with Gasteiger partial charge in [-0.2, -0.15) is 5.10 Å². The maximum absolute atomic E-state index is 12.9. The lowest BCUT2D eigenvalue weighted by Gasteiger charge is -2.35. The highest BCUT2D eigenvalue weighted by Gasteiger charge is 2.43. The van der Waals surface area contributed by atoms with Gasteiger partial charge < -0.3 is 9.15 Å². The molecule has 8 heteroatoms. The van der Waals surface area contributed by atoms with Crippen molar-refractivity contribution in [2.45, 2.75) is 70.4 Å². The molecule has 0 amide bonds. The number of rotatable bonds is 4. The lowest BCUT2D eigenvalue weighted by Crippen LogP contribution is -2.53. The molecule has 0 N–H and O–H groups in total. The van der Waals surface area contributed by atoms with Crippen LogP contribution >= 0.6 is 0 Å². The second-order valence-electron chi connectivity index (χ2n) is 8.81. The first-order chi connectivity index (χ1) is 14.1. The first-order valence-electron chi connectivity index (χ1n) is 10.7. The zero-order valence-corrected chi connectivity index (χ0v) is 16.7. The van der Waals surface area contributed by atoms with E-state index in [1.165, 1.54) is 23.9 Å². The zero-order valence-electron chi connectivity index (χ0n) is 16.7. The molecular formula is C21H28N4O4. The van der Waals surface area contributed by atoms with E-state index < -0.39 is 16.7 Å². The van der Waals surface area contributed by atoms with Gasteiger partial charge in [-0.3, -0.25) is 19.1 Å². The Labute approximate surface area is 169 Å². The summed E-state index contributed by atoms with van der Waals surface area (Å²) in [6, 6.07) is 3.85. The minimum Gasteiger partial charge on any atom is -0.468 e.